The number of carbonyl (C=O) groups is 2. The average molecular weight is 250 g/mol. The second kappa shape index (κ2) is 6.31. The normalized spacial score (nSPS) is 10.2. The highest BCUT2D eigenvalue weighted by atomic mass is 16.5. The topological polar surface area (TPSA) is 52.6 Å². The van der Waals surface area contributed by atoms with E-state index in [0.29, 0.717) is 17.7 Å². The largest absolute Gasteiger partial charge is 0.462 e. The summed E-state index contributed by atoms with van der Waals surface area (Å²) in [7, 11) is 1.48. The Kier molecular flexibility index (Phi) is 5.04. The molecule has 0 fully saturated rings. The second-order valence-electron chi connectivity index (χ2n) is 3.99. The third-order valence-electron chi connectivity index (χ3n) is 2.86. The summed E-state index contributed by atoms with van der Waals surface area (Å²) in [6.45, 7) is 5.77. The third kappa shape index (κ3) is 2.96. The van der Waals surface area contributed by atoms with Gasteiger partial charge in [0.25, 0.3) is 0 Å². The minimum absolute atomic E-state index is 0.0407. The van der Waals surface area contributed by atoms with Crippen LogP contribution in [-0.4, -0.2) is 32.1 Å². The van der Waals surface area contributed by atoms with E-state index in [2.05, 4.69) is 0 Å². The molecule has 0 aliphatic carbocycles. The van der Waals surface area contributed by atoms with Crippen LogP contribution < -0.4 is 0 Å². The molecule has 1 aromatic rings. The van der Waals surface area contributed by atoms with Crippen LogP contribution in [0.25, 0.3) is 0 Å². The molecule has 0 saturated heterocycles. The van der Waals surface area contributed by atoms with Crippen molar-refractivity contribution < 1.29 is 19.1 Å². The number of Topliss-reactive ketones (excluding diaryl/α,β-unsaturated/α-hetero) is 1. The summed E-state index contributed by atoms with van der Waals surface area (Å²) in [5, 5.41) is 0. The highest BCUT2D eigenvalue weighted by Crippen LogP contribution is 2.19. The first-order valence-electron chi connectivity index (χ1n) is 5.82. The fraction of sp³-hybridized carbons (Fsp3) is 0.429. The van der Waals surface area contributed by atoms with Gasteiger partial charge in [-0.15, -0.1) is 0 Å². The lowest BCUT2D eigenvalue weighted by Gasteiger charge is -2.11. The van der Waals surface area contributed by atoms with Gasteiger partial charge in [0.05, 0.1) is 12.2 Å². The average Bonchev–Trinajstić information content (AvgIpc) is 2.33. The van der Waals surface area contributed by atoms with Gasteiger partial charge in [0.1, 0.15) is 6.61 Å². The van der Waals surface area contributed by atoms with Crippen molar-refractivity contribution in [3.63, 3.8) is 0 Å². The zero-order valence-corrected chi connectivity index (χ0v) is 11.2. The molecule has 0 radical (unpaired) electrons. The maximum absolute atomic E-state index is 11.8. The third-order valence-corrected chi connectivity index (χ3v) is 2.86. The van der Waals surface area contributed by atoms with Crippen molar-refractivity contribution in [2.45, 2.75) is 20.8 Å². The van der Waals surface area contributed by atoms with Gasteiger partial charge < -0.3 is 9.47 Å². The van der Waals surface area contributed by atoms with Gasteiger partial charge >= 0.3 is 5.97 Å². The first-order chi connectivity index (χ1) is 8.52. The molecule has 0 bridgehead atoms. The van der Waals surface area contributed by atoms with Gasteiger partial charge in [-0.3, -0.25) is 4.79 Å². The molecule has 98 valence electrons. The minimum Gasteiger partial charge on any atom is -0.462 e. The SMILES string of the molecule is CCOC(=O)c1ccc(C(=O)COC)c(C)c1C. The van der Waals surface area contributed by atoms with Gasteiger partial charge in [0.2, 0.25) is 0 Å². The molecule has 0 N–H and O–H groups in total. The Labute approximate surface area is 107 Å². The van der Waals surface area contributed by atoms with Gasteiger partial charge in [-0.2, -0.15) is 0 Å². The van der Waals surface area contributed by atoms with E-state index in [0.717, 1.165) is 11.1 Å². The summed E-state index contributed by atoms with van der Waals surface area (Å²) in [5.41, 5.74) is 2.66. The lowest BCUT2D eigenvalue weighted by Crippen LogP contribution is -2.13. The Balaban J connectivity index is 3.12. The van der Waals surface area contributed by atoms with Crippen LogP contribution in [0, 0.1) is 13.8 Å². The predicted molar refractivity (Wildman–Crippen MR) is 68.1 cm³/mol. The van der Waals surface area contributed by atoms with Crippen molar-refractivity contribution in [1.82, 2.24) is 0 Å². The molecule has 0 atom stereocenters. The molecule has 18 heavy (non-hydrogen) atoms. The molecule has 0 spiro atoms. The van der Waals surface area contributed by atoms with Gasteiger partial charge in [0.15, 0.2) is 5.78 Å². The van der Waals surface area contributed by atoms with Crippen molar-refractivity contribution in [2.24, 2.45) is 0 Å². The summed E-state index contributed by atoms with van der Waals surface area (Å²) in [4.78, 5) is 23.5. The van der Waals surface area contributed by atoms with Crippen molar-refractivity contribution in [3.8, 4) is 0 Å². The standard InChI is InChI=1S/C14H18O4/c1-5-18-14(16)12-7-6-11(9(2)10(12)3)13(15)8-17-4/h6-7H,5,8H2,1-4H3. The molecule has 0 unspecified atom stereocenters. The number of methoxy groups -OCH3 is 1. The van der Waals surface area contributed by atoms with E-state index < -0.39 is 0 Å². The lowest BCUT2D eigenvalue weighted by atomic mass is 9.96. The number of esters is 1. The number of benzene rings is 1. The lowest BCUT2D eigenvalue weighted by molar-refractivity contribution is 0.0525. The Morgan fingerprint density at radius 3 is 2.22 bits per heavy atom. The first kappa shape index (κ1) is 14.4. The summed E-state index contributed by atoms with van der Waals surface area (Å²) in [5.74, 6) is -0.447. The molecule has 0 aromatic heterocycles. The van der Waals surface area contributed by atoms with Crippen LogP contribution in [0.5, 0.6) is 0 Å². The molecular formula is C14H18O4. The van der Waals surface area contributed by atoms with E-state index in [9.17, 15) is 9.59 Å². The number of rotatable bonds is 5. The van der Waals surface area contributed by atoms with E-state index in [1.54, 1.807) is 19.1 Å². The van der Waals surface area contributed by atoms with Crippen molar-refractivity contribution >= 4 is 11.8 Å². The van der Waals surface area contributed by atoms with Crippen molar-refractivity contribution in [1.29, 1.82) is 0 Å². The highest BCUT2D eigenvalue weighted by Gasteiger charge is 2.16. The zero-order valence-electron chi connectivity index (χ0n) is 11.2. The van der Waals surface area contributed by atoms with Gasteiger partial charge in [0, 0.05) is 12.7 Å². The van der Waals surface area contributed by atoms with Crippen LogP contribution in [0.4, 0.5) is 0 Å². The summed E-state index contributed by atoms with van der Waals surface area (Å²) in [6, 6.07) is 3.28. The molecule has 0 aliphatic rings. The summed E-state index contributed by atoms with van der Waals surface area (Å²) >= 11 is 0. The minimum atomic E-state index is -0.358. The summed E-state index contributed by atoms with van der Waals surface area (Å²) in [6.07, 6.45) is 0. The molecule has 0 saturated carbocycles. The Morgan fingerprint density at radius 2 is 1.67 bits per heavy atom. The van der Waals surface area contributed by atoms with E-state index in [4.69, 9.17) is 9.47 Å². The van der Waals surface area contributed by atoms with E-state index >= 15 is 0 Å². The van der Waals surface area contributed by atoms with E-state index in [-0.39, 0.29) is 18.4 Å². The number of ketones is 1. The Morgan fingerprint density at radius 1 is 1.11 bits per heavy atom. The van der Waals surface area contributed by atoms with Crippen LogP contribution in [0.1, 0.15) is 38.8 Å². The van der Waals surface area contributed by atoms with Gasteiger partial charge in [-0.25, -0.2) is 4.79 Å². The summed E-state index contributed by atoms with van der Waals surface area (Å²) < 4.78 is 9.79. The maximum Gasteiger partial charge on any atom is 0.338 e. The number of hydrogen-bond acceptors (Lipinski definition) is 4. The zero-order chi connectivity index (χ0) is 13.7. The number of ether oxygens (including phenoxy) is 2. The van der Waals surface area contributed by atoms with Crippen molar-refractivity contribution in [3.05, 3.63) is 34.4 Å². The fourth-order valence-electron chi connectivity index (χ4n) is 1.76. The maximum atomic E-state index is 11.8. The highest BCUT2D eigenvalue weighted by molar-refractivity contribution is 6.00. The van der Waals surface area contributed by atoms with E-state index in [1.807, 2.05) is 13.8 Å². The van der Waals surface area contributed by atoms with Crippen LogP contribution >= 0.6 is 0 Å². The van der Waals surface area contributed by atoms with E-state index in [1.165, 1.54) is 7.11 Å². The van der Waals surface area contributed by atoms with Gasteiger partial charge in [-0.05, 0) is 38.0 Å². The molecule has 4 nitrogen and oxygen atoms in total. The molecule has 4 heteroatoms. The molecule has 0 amide bonds. The molecule has 0 aliphatic heterocycles. The van der Waals surface area contributed by atoms with Crippen LogP contribution in [0.2, 0.25) is 0 Å². The fourth-order valence-corrected chi connectivity index (χ4v) is 1.76. The smallest absolute Gasteiger partial charge is 0.338 e. The molecule has 0 heterocycles. The Hall–Kier alpha value is -1.68. The van der Waals surface area contributed by atoms with Crippen molar-refractivity contribution in [2.75, 3.05) is 20.3 Å². The molecule has 1 rings (SSSR count). The van der Waals surface area contributed by atoms with Crippen LogP contribution in [-0.2, 0) is 9.47 Å². The quantitative estimate of drug-likeness (QED) is 0.594. The number of hydrogen-bond donors (Lipinski definition) is 0. The second-order valence-corrected chi connectivity index (χ2v) is 3.99. The van der Waals surface area contributed by atoms with Crippen LogP contribution in [0.3, 0.4) is 0 Å². The molecule has 1 aromatic carbocycles. The molecular weight excluding hydrogens is 232 g/mol. The first-order valence-corrected chi connectivity index (χ1v) is 5.82. The predicted octanol–water partition coefficient (Wildman–Crippen LogP) is 2.31. The van der Waals surface area contributed by atoms with Crippen LogP contribution in [0.15, 0.2) is 12.1 Å². The van der Waals surface area contributed by atoms with Gasteiger partial charge in [-0.1, -0.05) is 6.07 Å². The number of carbonyl (C=O) groups excluding carboxylic acids is 2. The Bertz CT molecular complexity index is 420. The monoisotopic (exact) mass is 250 g/mol.